The number of rotatable bonds is 1. The van der Waals surface area contributed by atoms with Crippen LogP contribution in [0.5, 0.6) is 0 Å². The van der Waals surface area contributed by atoms with Crippen molar-refractivity contribution in [2.45, 2.75) is 26.2 Å². The Kier molecular flexibility index (Phi) is 2.04. The van der Waals surface area contributed by atoms with Gasteiger partial charge in [-0.1, -0.05) is 6.92 Å². The van der Waals surface area contributed by atoms with Gasteiger partial charge in [0.05, 0.1) is 0 Å². The number of benzene rings is 1. The minimum Gasteiger partial charge on any atom is -0.399 e. The van der Waals surface area contributed by atoms with Gasteiger partial charge in [-0.2, -0.15) is 0 Å². The number of nitrogens with two attached hydrogens (primary N) is 1. The van der Waals surface area contributed by atoms with E-state index in [4.69, 9.17) is 5.73 Å². The van der Waals surface area contributed by atoms with E-state index < -0.39 is 0 Å². The third-order valence-corrected chi connectivity index (χ3v) is 3.19. The summed E-state index contributed by atoms with van der Waals surface area (Å²) in [5, 5.41) is 3.34. The summed E-state index contributed by atoms with van der Waals surface area (Å²) < 4.78 is 0. The highest BCUT2D eigenvalue weighted by atomic mass is 15.0. The Bertz CT molecular complexity index is 342. The highest BCUT2D eigenvalue weighted by molar-refractivity contribution is 5.52. The van der Waals surface area contributed by atoms with E-state index in [-0.39, 0.29) is 0 Å². The topological polar surface area (TPSA) is 38.0 Å². The first kappa shape index (κ1) is 9.53. The van der Waals surface area contributed by atoms with Crippen molar-refractivity contribution in [2.24, 2.45) is 0 Å². The van der Waals surface area contributed by atoms with Gasteiger partial charge >= 0.3 is 0 Å². The van der Waals surface area contributed by atoms with Crippen LogP contribution in [0.25, 0.3) is 0 Å². The van der Waals surface area contributed by atoms with Gasteiger partial charge in [0.1, 0.15) is 0 Å². The second kappa shape index (κ2) is 2.99. The smallest absolute Gasteiger partial charge is 0.0319 e. The number of anilines is 1. The SMILES string of the molecule is Cc1cc(N)cc(C)c1C1(C)CNC1. The highest BCUT2D eigenvalue weighted by Gasteiger charge is 2.35. The lowest BCUT2D eigenvalue weighted by Gasteiger charge is -2.42. The lowest BCUT2D eigenvalue weighted by atomic mass is 9.73. The van der Waals surface area contributed by atoms with Gasteiger partial charge in [0.25, 0.3) is 0 Å². The molecule has 76 valence electrons. The van der Waals surface area contributed by atoms with E-state index in [9.17, 15) is 0 Å². The first-order valence-electron chi connectivity index (χ1n) is 5.11. The van der Waals surface area contributed by atoms with Crippen LogP contribution in [0.2, 0.25) is 0 Å². The average Bonchev–Trinajstić information content (AvgIpc) is 1.99. The lowest BCUT2D eigenvalue weighted by Crippen LogP contribution is -2.55. The third kappa shape index (κ3) is 1.30. The minimum atomic E-state index is 0.321. The monoisotopic (exact) mass is 190 g/mol. The Morgan fingerprint density at radius 2 is 1.71 bits per heavy atom. The van der Waals surface area contributed by atoms with Crippen molar-refractivity contribution in [2.75, 3.05) is 18.8 Å². The quantitative estimate of drug-likeness (QED) is 0.662. The van der Waals surface area contributed by atoms with Crippen molar-refractivity contribution in [3.63, 3.8) is 0 Å². The normalized spacial score (nSPS) is 19.1. The Hall–Kier alpha value is -1.02. The Labute approximate surface area is 85.5 Å². The molecule has 2 rings (SSSR count). The molecule has 0 bridgehead atoms. The second-order valence-electron chi connectivity index (χ2n) is 4.69. The summed E-state index contributed by atoms with van der Waals surface area (Å²) in [6, 6.07) is 4.15. The zero-order valence-electron chi connectivity index (χ0n) is 9.15. The van der Waals surface area contributed by atoms with Crippen molar-refractivity contribution in [1.29, 1.82) is 0 Å². The zero-order valence-corrected chi connectivity index (χ0v) is 9.15. The van der Waals surface area contributed by atoms with E-state index >= 15 is 0 Å². The summed E-state index contributed by atoms with van der Waals surface area (Å²) in [7, 11) is 0. The van der Waals surface area contributed by atoms with Crippen molar-refractivity contribution in [3.8, 4) is 0 Å². The number of aryl methyl sites for hydroxylation is 2. The van der Waals surface area contributed by atoms with E-state index in [2.05, 4.69) is 38.2 Å². The Morgan fingerprint density at radius 3 is 2.07 bits per heavy atom. The van der Waals surface area contributed by atoms with Crippen LogP contribution in [0.1, 0.15) is 23.6 Å². The van der Waals surface area contributed by atoms with E-state index in [1.165, 1.54) is 16.7 Å². The van der Waals surface area contributed by atoms with Crippen molar-refractivity contribution < 1.29 is 0 Å². The summed E-state index contributed by atoms with van der Waals surface area (Å²) in [6.07, 6.45) is 0. The molecule has 0 radical (unpaired) electrons. The molecule has 2 nitrogen and oxygen atoms in total. The Morgan fingerprint density at radius 1 is 1.21 bits per heavy atom. The minimum absolute atomic E-state index is 0.321. The van der Waals surface area contributed by atoms with Crippen LogP contribution in [0.3, 0.4) is 0 Å². The number of hydrogen-bond acceptors (Lipinski definition) is 2. The maximum absolute atomic E-state index is 5.82. The number of hydrogen-bond donors (Lipinski definition) is 2. The van der Waals surface area contributed by atoms with Gasteiger partial charge in [-0.15, -0.1) is 0 Å². The molecule has 0 aliphatic carbocycles. The molecule has 1 aromatic carbocycles. The van der Waals surface area contributed by atoms with E-state index in [0.29, 0.717) is 5.41 Å². The number of nitrogen functional groups attached to an aromatic ring is 1. The molecule has 1 heterocycles. The van der Waals surface area contributed by atoms with Gasteiger partial charge in [0.2, 0.25) is 0 Å². The lowest BCUT2D eigenvalue weighted by molar-refractivity contribution is 0.303. The van der Waals surface area contributed by atoms with Crippen LogP contribution in [0.4, 0.5) is 5.69 Å². The van der Waals surface area contributed by atoms with E-state index in [0.717, 1.165) is 18.8 Å². The summed E-state index contributed by atoms with van der Waals surface area (Å²) in [5.74, 6) is 0. The number of nitrogens with one attached hydrogen (secondary N) is 1. The molecule has 3 N–H and O–H groups in total. The summed E-state index contributed by atoms with van der Waals surface area (Å²) in [6.45, 7) is 8.79. The molecule has 0 spiro atoms. The van der Waals surface area contributed by atoms with Gasteiger partial charge < -0.3 is 11.1 Å². The fraction of sp³-hybridized carbons (Fsp3) is 0.500. The molecule has 1 saturated heterocycles. The second-order valence-corrected chi connectivity index (χ2v) is 4.69. The first-order valence-corrected chi connectivity index (χ1v) is 5.11. The predicted molar refractivity (Wildman–Crippen MR) is 60.6 cm³/mol. The third-order valence-electron chi connectivity index (χ3n) is 3.19. The molecular weight excluding hydrogens is 172 g/mol. The van der Waals surface area contributed by atoms with Crippen LogP contribution >= 0.6 is 0 Å². The molecule has 0 aromatic heterocycles. The van der Waals surface area contributed by atoms with Crippen LogP contribution in [-0.2, 0) is 5.41 Å². The molecule has 2 heteroatoms. The van der Waals surface area contributed by atoms with Gasteiger partial charge in [-0.05, 0) is 42.7 Å². The summed E-state index contributed by atoms with van der Waals surface area (Å²) >= 11 is 0. The van der Waals surface area contributed by atoms with Gasteiger partial charge in [-0.3, -0.25) is 0 Å². The molecule has 1 fully saturated rings. The van der Waals surface area contributed by atoms with Crippen molar-refractivity contribution in [1.82, 2.24) is 5.32 Å². The average molecular weight is 190 g/mol. The van der Waals surface area contributed by atoms with Gasteiger partial charge in [-0.25, -0.2) is 0 Å². The maximum Gasteiger partial charge on any atom is 0.0319 e. The highest BCUT2D eigenvalue weighted by Crippen LogP contribution is 2.33. The van der Waals surface area contributed by atoms with Gasteiger partial charge in [0, 0.05) is 24.2 Å². The summed E-state index contributed by atoms with van der Waals surface area (Å²) in [5.41, 5.74) is 11.1. The van der Waals surface area contributed by atoms with Crippen LogP contribution in [-0.4, -0.2) is 13.1 Å². The van der Waals surface area contributed by atoms with E-state index in [1.807, 2.05) is 0 Å². The molecule has 1 aliphatic heterocycles. The Balaban J connectivity index is 2.52. The first-order chi connectivity index (χ1) is 6.53. The molecule has 0 amide bonds. The summed E-state index contributed by atoms with van der Waals surface area (Å²) in [4.78, 5) is 0. The van der Waals surface area contributed by atoms with Gasteiger partial charge in [0.15, 0.2) is 0 Å². The molecule has 0 atom stereocenters. The molecular formula is C12H18N2. The van der Waals surface area contributed by atoms with Crippen molar-refractivity contribution in [3.05, 3.63) is 28.8 Å². The standard InChI is InChI=1S/C12H18N2/c1-8-4-10(13)5-9(2)11(8)12(3)6-14-7-12/h4-5,14H,6-7,13H2,1-3H3. The van der Waals surface area contributed by atoms with Crippen LogP contribution in [0, 0.1) is 13.8 Å². The fourth-order valence-corrected chi connectivity index (χ4v) is 2.63. The molecule has 0 unspecified atom stereocenters. The van der Waals surface area contributed by atoms with Crippen LogP contribution < -0.4 is 11.1 Å². The zero-order chi connectivity index (χ0) is 10.3. The van der Waals surface area contributed by atoms with Crippen molar-refractivity contribution >= 4 is 5.69 Å². The molecule has 0 saturated carbocycles. The van der Waals surface area contributed by atoms with Crippen LogP contribution in [0.15, 0.2) is 12.1 Å². The maximum atomic E-state index is 5.82. The molecule has 14 heavy (non-hydrogen) atoms. The molecule has 1 aromatic rings. The fourth-order valence-electron chi connectivity index (χ4n) is 2.63. The largest absolute Gasteiger partial charge is 0.399 e. The predicted octanol–water partition coefficient (Wildman–Crippen LogP) is 1.75. The molecule has 1 aliphatic rings. The van der Waals surface area contributed by atoms with E-state index in [1.54, 1.807) is 0 Å².